The Kier molecular flexibility index (Phi) is 4.91. The summed E-state index contributed by atoms with van der Waals surface area (Å²) in [7, 11) is 0. The Labute approximate surface area is 114 Å². The first kappa shape index (κ1) is 14.4. The van der Waals surface area contributed by atoms with Crippen LogP contribution in [0.25, 0.3) is 0 Å². The largest absolute Gasteiger partial charge is 0.392 e. The van der Waals surface area contributed by atoms with Gasteiger partial charge in [0, 0.05) is 38.8 Å². The van der Waals surface area contributed by atoms with Gasteiger partial charge in [-0.25, -0.2) is 4.39 Å². The highest BCUT2D eigenvalue weighted by Gasteiger charge is 2.24. The molecule has 0 radical (unpaired) electrons. The summed E-state index contributed by atoms with van der Waals surface area (Å²) in [6.45, 7) is 8.42. The van der Waals surface area contributed by atoms with Crippen molar-refractivity contribution in [3.05, 3.63) is 35.6 Å². The molecule has 1 saturated heterocycles. The van der Waals surface area contributed by atoms with E-state index >= 15 is 0 Å². The molecule has 1 heterocycles. The van der Waals surface area contributed by atoms with Gasteiger partial charge < -0.3 is 5.11 Å². The van der Waals surface area contributed by atoms with E-state index in [1.54, 1.807) is 12.1 Å². The first-order chi connectivity index (χ1) is 9.04. The van der Waals surface area contributed by atoms with Gasteiger partial charge in [0.05, 0.1) is 6.10 Å². The maximum absolute atomic E-state index is 13.1. The van der Waals surface area contributed by atoms with Crippen LogP contribution < -0.4 is 0 Å². The molecule has 0 amide bonds. The third-order valence-corrected chi connectivity index (χ3v) is 3.64. The zero-order valence-corrected chi connectivity index (χ0v) is 11.7. The highest BCUT2D eigenvalue weighted by atomic mass is 19.1. The Bertz CT molecular complexity index is 411. The lowest BCUT2D eigenvalue weighted by atomic mass is 10.1. The van der Waals surface area contributed by atoms with Gasteiger partial charge in [0.2, 0.25) is 0 Å². The second kappa shape index (κ2) is 6.46. The smallest absolute Gasteiger partial charge is 0.123 e. The van der Waals surface area contributed by atoms with E-state index in [0.717, 1.165) is 38.3 Å². The SMILES string of the molecule is C[C@H](O)CN1CCN(Cc2cccc(F)c2)C[C@H]1C. The number of aliphatic hydroxyl groups is 1. The van der Waals surface area contributed by atoms with Crippen LogP contribution in [0.15, 0.2) is 24.3 Å². The van der Waals surface area contributed by atoms with Gasteiger partial charge in [0.25, 0.3) is 0 Å². The van der Waals surface area contributed by atoms with Crippen LogP contribution in [0.1, 0.15) is 19.4 Å². The lowest BCUT2D eigenvalue weighted by Gasteiger charge is -2.40. The fourth-order valence-corrected chi connectivity index (χ4v) is 2.72. The summed E-state index contributed by atoms with van der Waals surface area (Å²) < 4.78 is 13.1. The minimum atomic E-state index is -0.280. The van der Waals surface area contributed by atoms with Gasteiger partial charge in [-0.15, -0.1) is 0 Å². The van der Waals surface area contributed by atoms with E-state index in [0.29, 0.717) is 6.04 Å². The quantitative estimate of drug-likeness (QED) is 0.899. The van der Waals surface area contributed by atoms with E-state index in [-0.39, 0.29) is 11.9 Å². The van der Waals surface area contributed by atoms with Crippen molar-refractivity contribution in [1.29, 1.82) is 0 Å². The average Bonchev–Trinajstić information content (AvgIpc) is 2.32. The van der Waals surface area contributed by atoms with Crippen molar-refractivity contribution >= 4 is 0 Å². The third kappa shape index (κ3) is 4.27. The molecule has 1 aliphatic rings. The molecular weight excluding hydrogens is 243 g/mol. The summed E-state index contributed by atoms with van der Waals surface area (Å²) in [6.07, 6.45) is -0.280. The van der Waals surface area contributed by atoms with Gasteiger partial charge in [0.1, 0.15) is 5.82 Å². The Morgan fingerprint density at radius 3 is 2.84 bits per heavy atom. The summed E-state index contributed by atoms with van der Waals surface area (Å²) in [5.74, 6) is -0.168. The molecule has 2 atom stereocenters. The zero-order chi connectivity index (χ0) is 13.8. The second-order valence-corrected chi connectivity index (χ2v) is 5.56. The van der Waals surface area contributed by atoms with Crippen molar-refractivity contribution in [2.45, 2.75) is 32.5 Å². The molecule has 1 aliphatic heterocycles. The monoisotopic (exact) mass is 266 g/mol. The lowest BCUT2D eigenvalue weighted by molar-refractivity contribution is 0.0422. The fourth-order valence-electron chi connectivity index (χ4n) is 2.72. The molecule has 3 nitrogen and oxygen atoms in total. The van der Waals surface area contributed by atoms with E-state index < -0.39 is 0 Å². The average molecular weight is 266 g/mol. The number of nitrogens with zero attached hydrogens (tertiary/aromatic N) is 2. The van der Waals surface area contributed by atoms with Crippen molar-refractivity contribution in [2.24, 2.45) is 0 Å². The van der Waals surface area contributed by atoms with Gasteiger partial charge in [-0.05, 0) is 31.5 Å². The highest BCUT2D eigenvalue weighted by molar-refractivity contribution is 5.16. The van der Waals surface area contributed by atoms with Gasteiger partial charge in [-0.3, -0.25) is 9.80 Å². The van der Waals surface area contributed by atoms with E-state index in [1.807, 2.05) is 13.0 Å². The van der Waals surface area contributed by atoms with Crippen LogP contribution in [0.5, 0.6) is 0 Å². The highest BCUT2D eigenvalue weighted by Crippen LogP contribution is 2.14. The van der Waals surface area contributed by atoms with Crippen molar-refractivity contribution in [3.63, 3.8) is 0 Å². The topological polar surface area (TPSA) is 26.7 Å². The number of benzene rings is 1. The Morgan fingerprint density at radius 2 is 2.21 bits per heavy atom. The molecule has 0 aliphatic carbocycles. The maximum atomic E-state index is 13.1. The Morgan fingerprint density at radius 1 is 1.42 bits per heavy atom. The molecule has 1 N–H and O–H groups in total. The van der Waals surface area contributed by atoms with Gasteiger partial charge in [-0.1, -0.05) is 12.1 Å². The van der Waals surface area contributed by atoms with Crippen molar-refractivity contribution in [3.8, 4) is 0 Å². The number of aliphatic hydroxyl groups excluding tert-OH is 1. The standard InChI is InChI=1S/C15H23FN2O/c1-12-9-17(6-7-18(12)10-13(2)19)11-14-4-3-5-15(16)8-14/h3-5,8,12-13,19H,6-7,9-11H2,1-2H3/t12-,13+/m1/s1. The number of rotatable bonds is 4. The molecule has 0 aromatic heterocycles. The number of hydrogen-bond donors (Lipinski definition) is 1. The van der Waals surface area contributed by atoms with E-state index in [9.17, 15) is 9.50 Å². The summed E-state index contributed by atoms with van der Waals surface area (Å²) in [5, 5.41) is 9.46. The molecule has 19 heavy (non-hydrogen) atoms. The zero-order valence-electron chi connectivity index (χ0n) is 11.7. The number of hydrogen-bond acceptors (Lipinski definition) is 3. The van der Waals surface area contributed by atoms with Crippen LogP contribution in [0.3, 0.4) is 0 Å². The lowest BCUT2D eigenvalue weighted by Crippen LogP contribution is -2.53. The number of halogens is 1. The minimum absolute atomic E-state index is 0.168. The van der Waals surface area contributed by atoms with Crippen LogP contribution in [-0.4, -0.2) is 53.2 Å². The molecule has 4 heteroatoms. The number of β-amino-alcohol motifs (C(OH)–C–C–N with tert-alkyl or cyclic N) is 1. The van der Waals surface area contributed by atoms with Crippen molar-refractivity contribution < 1.29 is 9.50 Å². The normalized spacial score (nSPS) is 23.5. The van der Waals surface area contributed by atoms with Crippen LogP contribution in [0, 0.1) is 5.82 Å². The molecule has 2 rings (SSSR count). The minimum Gasteiger partial charge on any atom is -0.392 e. The van der Waals surface area contributed by atoms with E-state index in [1.165, 1.54) is 6.07 Å². The molecular formula is C15H23FN2O. The molecule has 1 fully saturated rings. The van der Waals surface area contributed by atoms with Crippen LogP contribution in [-0.2, 0) is 6.54 Å². The molecule has 0 saturated carbocycles. The predicted molar refractivity (Wildman–Crippen MR) is 74.4 cm³/mol. The Balaban J connectivity index is 1.88. The maximum Gasteiger partial charge on any atom is 0.123 e. The summed E-state index contributed by atoms with van der Waals surface area (Å²) in [5.41, 5.74) is 1.02. The molecule has 0 spiro atoms. The number of piperazine rings is 1. The van der Waals surface area contributed by atoms with E-state index in [2.05, 4.69) is 16.7 Å². The van der Waals surface area contributed by atoms with Gasteiger partial charge in [-0.2, -0.15) is 0 Å². The molecule has 0 bridgehead atoms. The second-order valence-electron chi connectivity index (χ2n) is 5.56. The summed E-state index contributed by atoms with van der Waals surface area (Å²) >= 11 is 0. The summed E-state index contributed by atoms with van der Waals surface area (Å²) in [4.78, 5) is 4.66. The molecule has 106 valence electrons. The van der Waals surface area contributed by atoms with E-state index in [4.69, 9.17) is 0 Å². The Hall–Kier alpha value is -0.970. The fraction of sp³-hybridized carbons (Fsp3) is 0.600. The third-order valence-electron chi connectivity index (χ3n) is 3.64. The first-order valence-electron chi connectivity index (χ1n) is 6.93. The molecule has 0 unspecified atom stereocenters. The molecule has 1 aromatic carbocycles. The van der Waals surface area contributed by atoms with Crippen molar-refractivity contribution in [2.75, 3.05) is 26.2 Å². The first-order valence-corrected chi connectivity index (χ1v) is 6.93. The predicted octanol–water partition coefficient (Wildman–Crippen LogP) is 1.71. The van der Waals surface area contributed by atoms with Crippen molar-refractivity contribution in [1.82, 2.24) is 9.80 Å². The van der Waals surface area contributed by atoms with Crippen LogP contribution in [0.2, 0.25) is 0 Å². The summed E-state index contributed by atoms with van der Waals surface area (Å²) in [6, 6.07) is 7.24. The van der Waals surface area contributed by atoms with Gasteiger partial charge >= 0.3 is 0 Å². The van der Waals surface area contributed by atoms with Crippen LogP contribution in [0.4, 0.5) is 4.39 Å². The molecule has 1 aromatic rings. The van der Waals surface area contributed by atoms with Crippen LogP contribution >= 0.6 is 0 Å². The van der Waals surface area contributed by atoms with Gasteiger partial charge in [0.15, 0.2) is 0 Å².